The molecule has 0 aliphatic rings. The van der Waals surface area contributed by atoms with Gasteiger partial charge in [-0.3, -0.25) is 14.4 Å². The molecule has 0 aromatic heterocycles. The van der Waals surface area contributed by atoms with E-state index in [1.54, 1.807) is 42.5 Å². The second kappa shape index (κ2) is 9.37. The highest BCUT2D eigenvalue weighted by Crippen LogP contribution is 2.21. The molecule has 7 heteroatoms. The molecule has 0 bridgehead atoms. The van der Waals surface area contributed by atoms with E-state index in [0.717, 1.165) is 5.56 Å². The van der Waals surface area contributed by atoms with Crippen LogP contribution in [0.5, 0.6) is 0 Å². The monoisotopic (exact) mass is 401 g/mol. The fourth-order valence-electron chi connectivity index (χ4n) is 2.64. The lowest BCUT2D eigenvalue weighted by Gasteiger charge is -2.22. The summed E-state index contributed by atoms with van der Waals surface area (Å²) < 4.78 is 0. The first-order valence-electron chi connectivity index (χ1n) is 8.93. The molecule has 0 heterocycles. The quantitative estimate of drug-likeness (QED) is 0.683. The van der Waals surface area contributed by atoms with E-state index in [4.69, 9.17) is 11.6 Å². The van der Waals surface area contributed by atoms with E-state index < -0.39 is 11.9 Å². The van der Waals surface area contributed by atoms with Crippen molar-refractivity contribution in [3.8, 4) is 0 Å². The molecular weight excluding hydrogens is 378 g/mol. The number of hydrogen-bond acceptors (Lipinski definition) is 3. The van der Waals surface area contributed by atoms with Crippen molar-refractivity contribution in [2.24, 2.45) is 5.92 Å². The van der Waals surface area contributed by atoms with Gasteiger partial charge in [0.1, 0.15) is 6.04 Å². The average molecular weight is 402 g/mol. The highest BCUT2D eigenvalue weighted by atomic mass is 35.5. The summed E-state index contributed by atoms with van der Waals surface area (Å²) in [4.78, 5) is 36.6. The number of carbonyl (C=O) groups excluding carboxylic acids is 3. The van der Waals surface area contributed by atoms with Crippen LogP contribution in [0.15, 0.2) is 42.5 Å². The molecule has 0 fully saturated rings. The standard InChI is InChI=1S/C21H24ClN3O3/c1-12(2)19(25-20(27)16-7-5-6-8-17(16)22)21(28)24-15-10-9-13(3)18(11-15)23-14(4)26/h5-12,19H,1-4H3,(H,23,26)(H,24,28)(H,25,27). The predicted octanol–water partition coefficient (Wildman–Crippen LogP) is 4.00. The SMILES string of the molecule is CC(=O)Nc1cc(NC(=O)C(NC(=O)c2ccccc2Cl)C(C)C)ccc1C. The Morgan fingerprint density at radius 1 is 1.00 bits per heavy atom. The summed E-state index contributed by atoms with van der Waals surface area (Å²) in [6, 6.07) is 11.1. The molecular formula is C21H24ClN3O3. The Balaban J connectivity index is 2.16. The van der Waals surface area contributed by atoms with Gasteiger partial charge in [-0.2, -0.15) is 0 Å². The van der Waals surface area contributed by atoms with Gasteiger partial charge in [-0.1, -0.05) is 43.6 Å². The number of amides is 3. The third-order valence-corrected chi connectivity index (χ3v) is 4.50. The van der Waals surface area contributed by atoms with Crippen molar-refractivity contribution in [1.82, 2.24) is 5.32 Å². The lowest BCUT2D eigenvalue weighted by molar-refractivity contribution is -0.119. The third kappa shape index (κ3) is 5.57. The third-order valence-electron chi connectivity index (χ3n) is 4.17. The Kier molecular flexibility index (Phi) is 7.18. The van der Waals surface area contributed by atoms with Crippen LogP contribution in [-0.4, -0.2) is 23.8 Å². The van der Waals surface area contributed by atoms with Crippen LogP contribution in [0, 0.1) is 12.8 Å². The van der Waals surface area contributed by atoms with Crippen molar-refractivity contribution < 1.29 is 14.4 Å². The van der Waals surface area contributed by atoms with Crippen molar-refractivity contribution in [3.63, 3.8) is 0 Å². The molecule has 0 radical (unpaired) electrons. The zero-order chi connectivity index (χ0) is 20.8. The van der Waals surface area contributed by atoms with Crippen molar-refractivity contribution in [2.45, 2.75) is 33.7 Å². The van der Waals surface area contributed by atoms with Crippen LogP contribution in [0.4, 0.5) is 11.4 Å². The predicted molar refractivity (Wildman–Crippen MR) is 112 cm³/mol. The molecule has 1 unspecified atom stereocenters. The number of hydrogen-bond donors (Lipinski definition) is 3. The molecule has 0 saturated carbocycles. The van der Waals surface area contributed by atoms with E-state index in [0.29, 0.717) is 22.0 Å². The highest BCUT2D eigenvalue weighted by molar-refractivity contribution is 6.33. The van der Waals surface area contributed by atoms with Gasteiger partial charge in [0.2, 0.25) is 11.8 Å². The maximum atomic E-state index is 12.8. The zero-order valence-electron chi connectivity index (χ0n) is 16.3. The van der Waals surface area contributed by atoms with Crippen LogP contribution < -0.4 is 16.0 Å². The van der Waals surface area contributed by atoms with Gasteiger partial charge in [0.25, 0.3) is 5.91 Å². The molecule has 3 amide bonds. The van der Waals surface area contributed by atoms with Gasteiger partial charge in [-0.25, -0.2) is 0 Å². The maximum Gasteiger partial charge on any atom is 0.253 e. The Morgan fingerprint density at radius 3 is 2.29 bits per heavy atom. The molecule has 148 valence electrons. The number of halogens is 1. The van der Waals surface area contributed by atoms with Crippen LogP contribution in [-0.2, 0) is 9.59 Å². The second-order valence-electron chi connectivity index (χ2n) is 6.88. The normalized spacial score (nSPS) is 11.6. The molecule has 6 nitrogen and oxygen atoms in total. The molecule has 2 rings (SSSR count). The van der Waals surface area contributed by atoms with Gasteiger partial charge in [0.05, 0.1) is 10.6 Å². The van der Waals surface area contributed by atoms with E-state index in [1.165, 1.54) is 6.92 Å². The van der Waals surface area contributed by atoms with E-state index in [2.05, 4.69) is 16.0 Å². The maximum absolute atomic E-state index is 12.8. The number of nitrogens with one attached hydrogen (secondary N) is 3. The molecule has 28 heavy (non-hydrogen) atoms. The van der Waals surface area contributed by atoms with Crippen LogP contribution in [0.1, 0.15) is 36.7 Å². The van der Waals surface area contributed by atoms with Crippen molar-refractivity contribution >= 4 is 40.7 Å². The lowest BCUT2D eigenvalue weighted by atomic mass is 10.0. The van der Waals surface area contributed by atoms with Crippen molar-refractivity contribution in [1.29, 1.82) is 0 Å². The van der Waals surface area contributed by atoms with E-state index in [9.17, 15) is 14.4 Å². The Bertz CT molecular complexity index is 896. The minimum Gasteiger partial charge on any atom is -0.340 e. The lowest BCUT2D eigenvalue weighted by Crippen LogP contribution is -2.47. The molecule has 0 spiro atoms. The molecule has 2 aromatic carbocycles. The molecule has 1 atom stereocenters. The van der Waals surface area contributed by atoms with Gasteiger partial charge in [-0.15, -0.1) is 0 Å². The van der Waals surface area contributed by atoms with Crippen LogP contribution >= 0.6 is 11.6 Å². The first kappa shape index (κ1) is 21.4. The van der Waals surface area contributed by atoms with Crippen molar-refractivity contribution in [3.05, 3.63) is 58.6 Å². The number of benzene rings is 2. The van der Waals surface area contributed by atoms with Gasteiger partial charge in [0, 0.05) is 18.3 Å². The number of aryl methyl sites for hydroxylation is 1. The van der Waals surface area contributed by atoms with E-state index >= 15 is 0 Å². The Morgan fingerprint density at radius 2 is 1.68 bits per heavy atom. The molecule has 0 saturated heterocycles. The minimum absolute atomic E-state index is 0.147. The summed E-state index contributed by atoms with van der Waals surface area (Å²) in [6.45, 7) is 6.96. The van der Waals surface area contributed by atoms with Crippen LogP contribution in [0.25, 0.3) is 0 Å². The molecule has 0 aliphatic carbocycles. The number of rotatable bonds is 6. The van der Waals surface area contributed by atoms with Gasteiger partial charge in [-0.05, 0) is 42.7 Å². The zero-order valence-corrected chi connectivity index (χ0v) is 17.1. The first-order valence-corrected chi connectivity index (χ1v) is 9.31. The van der Waals surface area contributed by atoms with Gasteiger partial charge in [0.15, 0.2) is 0 Å². The summed E-state index contributed by atoms with van der Waals surface area (Å²) in [6.07, 6.45) is 0. The van der Waals surface area contributed by atoms with Gasteiger partial charge < -0.3 is 16.0 Å². The topological polar surface area (TPSA) is 87.3 Å². The first-order chi connectivity index (χ1) is 13.2. The smallest absolute Gasteiger partial charge is 0.253 e. The van der Waals surface area contributed by atoms with Crippen molar-refractivity contribution in [2.75, 3.05) is 10.6 Å². The molecule has 2 aromatic rings. The summed E-state index contributed by atoms with van der Waals surface area (Å²) in [5.74, 6) is -1.11. The van der Waals surface area contributed by atoms with Crippen LogP contribution in [0.2, 0.25) is 5.02 Å². The fraction of sp³-hybridized carbons (Fsp3) is 0.286. The average Bonchev–Trinajstić information content (AvgIpc) is 2.61. The highest BCUT2D eigenvalue weighted by Gasteiger charge is 2.25. The fourth-order valence-corrected chi connectivity index (χ4v) is 2.86. The van der Waals surface area contributed by atoms with Crippen LogP contribution in [0.3, 0.4) is 0 Å². The summed E-state index contributed by atoms with van der Waals surface area (Å²) in [5.41, 5.74) is 2.33. The second-order valence-corrected chi connectivity index (χ2v) is 7.28. The largest absolute Gasteiger partial charge is 0.340 e. The summed E-state index contributed by atoms with van der Waals surface area (Å²) in [7, 11) is 0. The summed E-state index contributed by atoms with van der Waals surface area (Å²) in [5, 5.41) is 8.59. The number of carbonyl (C=O) groups is 3. The van der Waals surface area contributed by atoms with E-state index in [1.807, 2.05) is 20.8 Å². The van der Waals surface area contributed by atoms with E-state index in [-0.39, 0.29) is 17.7 Å². The molecule has 0 aliphatic heterocycles. The molecule has 3 N–H and O–H groups in total. The minimum atomic E-state index is -0.755. The Labute approximate surface area is 169 Å². The summed E-state index contributed by atoms with van der Waals surface area (Å²) >= 11 is 6.07. The Hall–Kier alpha value is -2.86. The van der Waals surface area contributed by atoms with Gasteiger partial charge >= 0.3 is 0 Å². The number of anilines is 2.